The zero-order chi connectivity index (χ0) is 13.1. The average Bonchev–Trinajstić information content (AvgIpc) is 2.35. The van der Waals surface area contributed by atoms with Gasteiger partial charge in [0, 0.05) is 5.56 Å². The molecule has 2 rings (SSSR count). The molecular formula is C13H11FN2O2. The third-order valence-electron chi connectivity index (χ3n) is 2.44. The summed E-state index contributed by atoms with van der Waals surface area (Å²) in [6, 6.07) is 7.17. The highest BCUT2D eigenvalue weighted by atomic mass is 19.1. The summed E-state index contributed by atoms with van der Waals surface area (Å²) < 4.78 is 12.6. The third-order valence-corrected chi connectivity index (χ3v) is 2.44. The number of hydrogen-bond acceptors (Lipinski definition) is 3. The predicted octanol–water partition coefficient (Wildman–Crippen LogP) is 2.49. The van der Waals surface area contributed by atoms with Gasteiger partial charge in [0.15, 0.2) is 0 Å². The Hall–Kier alpha value is -2.43. The number of carbonyl (C=O) groups is 1. The van der Waals surface area contributed by atoms with Crippen molar-refractivity contribution in [3.8, 4) is 5.75 Å². The Kier molecular flexibility index (Phi) is 3.23. The van der Waals surface area contributed by atoms with Gasteiger partial charge in [-0.15, -0.1) is 0 Å². The van der Waals surface area contributed by atoms with Gasteiger partial charge in [-0.2, -0.15) is 0 Å². The van der Waals surface area contributed by atoms with Gasteiger partial charge in [-0.1, -0.05) is 6.07 Å². The van der Waals surface area contributed by atoms with E-state index in [-0.39, 0.29) is 11.6 Å². The molecule has 0 saturated heterocycles. The number of hydrogen-bond donors (Lipinski definition) is 2. The number of carbonyl (C=O) groups excluding carboxylic acids is 1. The molecule has 0 aliphatic carbocycles. The number of anilines is 1. The van der Waals surface area contributed by atoms with E-state index < -0.39 is 11.7 Å². The van der Waals surface area contributed by atoms with Crippen LogP contribution in [0.3, 0.4) is 0 Å². The van der Waals surface area contributed by atoms with Gasteiger partial charge >= 0.3 is 0 Å². The van der Waals surface area contributed by atoms with Gasteiger partial charge in [-0.25, -0.2) is 9.37 Å². The van der Waals surface area contributed by atoms with E-state index in [4.69, 9.17) is 0 Å². The molecule has 1 aromatic carbocycles. The highest BCUT2D eigenvalue weighted by Crippen LogP contribution is 2.18. The maximum Gasteiger partial charge on any atom is 0.256 e. The number of rotatable bonds is 2. The molecule has 4 nitrogen and oxygen atoms in total. The number of pyridine rings is 1. The van der Waals surface area contributed by atoms with E-state index in [0.717, 1.165) is 6.20 Å². The van der Waals surface area contributed by atoms with Crippen molar-refractivity contribution >= 4 is 11.7 Å². The lowest BCUT2D eigenvalue weighted by Gasteiger charge is -2.05. The van der Waals surface area contributed by atoms with Gasteiger partial charge < -0.3 is 10.4 Å². The summed E-state index contributed by atoms with van der Waals surface area (Å²) in [5.41, 5.74) is 0.996. The molecule has 1 amide bonds. The second-order valence-corrected chi connectivity index (χ2v) is 3.82. The van der Waals surface area contributed by atoms with Crippen molar-refractivity contribution in [2.45, 2.75) is 6.92 Å². The summed E-state index contributed by atoms with van der Waals surface area (Å²) >= 11 is 0. The number of phenolic OH excluding ortho intramolecular Hbond substituents is 1. The lowest BCUT2D eigenvalue weighted by Crippen LogP contribution is -2.12. The fraction of sp³-hybridized carbons (Fsp3) is 0.0769. The van der Waals surface area contributed by atoms with Crippen molar-refractivity contribution in [3.05, 3.63) is 53.5 Å². The monoisotopic (exact) mass is 246 g/mol. The fourth-order valence-corrected chi connectivity index (χ4v) is 1.39. The first-order valence-corrected chi connectivity index (χ1v) is 5.29. The van der Waals surface area contributed by atoms with Crippen LogP contribution in [-0.4, -0.2) is 16.0 Å². The van der Waals surface area contributed by atoms with E-state index in [1.54, 1.807) is 19.1 Å². The summed E-state index contributed by atoms with van der Waals surface area (Å²) in [5.74, 6) is -0.582. The Bertz CT molecular complexity index is 582. The predicted molar refractivity (Wildman–Crippen MR) is 65.0 cm³/mol. The number of halogens is 1. The zero-order valence-electron chi connectivity index (χ0n) is 9.64. The van der Waals surface area contributed by atoms with Crippen LogP contribution in [0.15, 0.2) is 36.5 Å². The van der Waals surface area contributed by atoms with E-state index in [9.17, 15) is 14.3 Å². The van der Waals surface area contributed by atoms with Crippen LogP contribution in [0.25, 0.3) is 0 Å². The first-order chi connectivity index (χ1) is 8.56. The van der Waals surface area contributed by atoms with Crippen LogP contribution in [0.1, 0.15) is 15.9 Å². The van der Waals surface area contributed by atoms with E-state index in [1.807, 2.05) is 0 Å². The number of aryl methyl sites for hydroxylation is 1. The molecular weight excluding hydrogens is 235 g/mol. The lowest BCUT2D eigenvalue weighted by molar-refractivity contribution is 0.102. The molecule has 2 aromatic rings. The molecule has 0 bridgehead atoms. The molecule has 0 spiro atoms. The van der Waals surface area contributed by atoms with Crippen LogP contribution in [0.5, 0.6) is 5.75 Å². The van der Waals surface area contributed by atoms with Crippen molar-refractivity contribution in [2.24, 2.45) is 0 Å². The lowest BCUT2D eigenvalue weighted by atomic mass is 10.1. The van der Waals surface area contributed by atoms with Crippen LogP contribution in [0, 0.1) is 12.7 Å². The Labute approximate surface area is 103 Å². The second kappa shape index (κ2) is 4.83. The first kappa shape index (κ1) is 12.0. The number of nitrogens with zero attached hydrogens (tertiary/aromatic N) is 1. The number of amides is 1. The van der Waals surface area contributed by atoms with Crippen LogP contribution in [0.4, 0.5) is 10.2 Å². The smallest absolute Gasteiger partial charge is 0.256 e. The van der Waals surface area contributed by atoms with Crippen molar-refractivity contribution < 1.29 is 14.3 Å². The maximum absolute atomic E-state index is 12.6. The minimum atomic E-state index is -0.471. The summed E-state index contributed by atoms with van der Waals surface area (Å²) in [7, 11) is 0. The van der Waals surface area contributed by atoms with Crippen molar-refractivity contribution in [1.82, 2.24) is 4.98 Å². The van der Waals surface area contributed by atoms with Crippen molar-refractivity contribution in [1.29, 1.82) is 0 Å². The fourth-order valence-electron chi connectivity index (χ4n) is 1.39. The molecule has 0 saturated carbocycles. The summed E-state index contributed by atoms with van der Waals surface area (Å²) in [6.07, 6.45) is 1.02. The van der Waals surface area contributed by atoms with Crippen LogP contribution in [0.2, 0.25) is 0 Å². The largest absolute Gasteiger partial charge is 0.508 e. The topological polar surface area (TPSA) is 62.2 Å². The van der Waals surface area contributed by atoms with Gasteiger partial charge in [-0.05, 0) is 36.8 Å². The quantitative estimate of drug-likeness (QED) is 0.855. The van der Waals surface area contributed by atoms with Gasteiger partial charge in [0.05, 0.1) is 6.20 Å². The highest BCUT2D eigenvalue weighted by molar-refractivity contribution is 6.04. The van der Waals surface area contributed by atoms with Crippen LogP contribution >= 0.6 is 0 Å². The van der Waals surface area contributed by atoms with Crippen LogP contribution < -0.4 is 5.32 Å². The zero-order valence-corrected chi connectivity index (χ0v) is 9.64. The SMILES string of the molecule is Cc1ccc(C(=O)Nc2ccc(F)cn2)cc1O. The molecule has 0 unspecified atom stereocenters. The van der Waals surface area contributed by atoms with Gasteiger partial charge in [0.25, 0.3) is 5.91 Å². The molecule has 0 aliphatic heterocycles. The number of aromatic hydroxyl groups is 1. The Morgan fingerprint density at radius 3 is 2.72 bits per heavy atom. The third kappa shape index (κ3) is 2.63. The Balaban J connectivity index is 2.16. The summed E-state index contributed by atoms with van der Waals surface area (Å²) in [6.45, 7) is 1.73. The standard InChI is InChI=1S/C13H11FN2O2/c1-8-2-3-9(6-11(8)17)13(18)16-12-5-4-10(14)7-15-12/h2-7,17H,1H3,(H,15,16,18). The molecule has 5 heteroatoms. The van der Waals surface area contributed by atoms with E-state index in [0.29, 0.717) is 11.1 Å². The summed E-state index contributed by atoms with van der Waals surface area (Å²) in [4.78, 5) is 15.5. The average molecular weight is 246 g/mol. The molecule has 0 radical (unpaired) electrons. The first-order valence-electron chi connectivity index (χ1n) is 5.29. The van der Waals surface area contributed by atoms with Gasteiger partial charge in [0.1, 0.15) is 17.4 Å². The Morgan fingerprint density at radius 1 is 1.33 bits per heavy atom. The van der Waals surface area contributed by atoms with Gasteiger partial charge in [-0.3, -0.25) is 4.79 Å². The normalized spacial score (nSPS) is 10.1. The van der Waals surface area contributed by atoms with E-state index in [1.165, 1.54) is 18.2 Å². The maximum atomic E-state index is 12.6. The Morgan fingerprint density at radius 2 is 2.11 bits per heavy atom. The summed E-state index contributed by atoms with van der Waals surface area (Å²) in [5, 5.41) is 12.0. The molecule has 0 fully saturated rings. The highest BCUT2D eigenvalue weighted by Gasteiger charge is 2.08. The molecule has 92 valence electrons. The van der Waals surface area contributed by atoms with Gasteiger partial charge in [0.2, 0.25) is 0 Å². The molecule has 0 aliphatic rings. The van der Waals surface area contributed by atoms with Crippen LogP contribution in [-0.2, 0) is 0 Å². The number of benzene rings is 1. The van der Waals surface area contributed by atoms with Crippen molar-refractivity contribution in [2.75, 3.05) is 5.32 Å². The number of phenols is 1. The second-order valence-electron chi connectivity index (χ2n) is 3.82. The molecule has 0 atom stereocenters. The molecule has 1 heterocycles. The van der Waals surface area contributed by atoms with E-state index in [2.05, 4.69) is 10.3 Å². The van der Waals surface area contributed by atoms with Crippen molar-refractivity contribution in [3.63, 3.8) is 0 Å². The van der Waals surface area contributed by atoms with E-state index >= 15 is 0 Å². The number of nitrogens with one attached hydrogen (secondary N) is 1. The minimum Gasteiger partial charge on any atom is -0.508 e. The molecule has 2 N–H and O–H groups in total. The molecule has 18 heavy (non-hydrogen) atoms. The minimum absolute atomic E-state index is 0.0507. The molecule has 1 aromatic heterocycles. The number of aromatic nitrogens is 1.